The summed E-state index contributed by atoms with van der Waals surface area (Å²) in [6, 6.07) is 24.8. The number of imidazole rings is 1. The lowest BCUT2D eigenvalue weighted by molar-refractivity contribution is 0.0697. The van der Waals surface area contributed by atoms with Crippen LogP contribution in [0, 0.1) is 11.3 Å². The van der Waals surface area contributed by atoms with Crippen LogP contribution in [0.5, 0.6) is 5.88 Å². The van der Waals surface area contributed by atoms with Gasteiger partial charge in [-0.25, -0.2) is 14.8 Å². The second kappa shape index (κ2) is 10.6. The fraction of sp³-hybridized carbons (Fsp3) is 0.188. The molecule has 0 atom stereocenters. The Balaban J connectivity index is 1.36. The maximum Gasteiger partial charge on any atom is 0.335 e. The molecular weight excluding hydrogens is 504 g/mol. The molecule has 40 heavy (non-hydrogen) atoms. The Morgan fingerprint density at radius 1 is 1.00 bits per heavy atom. The number of fused-ring (bicyclic) bond motifs is 7. The highest BCUT2D eigenvalue weighted by Crippen LogP contribution is 2.27. The summed E-state index contributed by atoms with van der Waals surface area (Å²) < 4.78 is 14.2. The third kappa shape index (κ3) is 5.03. The first-order valence-corrected chi connectivity index (χ1v) is 13.0. The Morgan fingerprint density at radius 3 is 2.75 bits per heavy atom. The predicted molar refractivity (Wildman–Crippen MR) is 149 cm³/mol. The number of nitriles is 1. The van der Waals surface area contributed by atoms with Crippen LogP contribution in [0.4, 0.5) is 0 Å². The topological polar surface area (TPSA) is 110 Å². The molecule has 8 heteroatoms. The number of aromatic carboxylic acids is 1. The zero-order valence-corrected chi connectivity index (χ0v) is 21.9. The first kappa shape index (κ1) is 25.3. The molecule has 0 saturated heterocycles. The summed E-state index contributed by atoms with van der Waals surface area (Å²) in [7, 11) is 1.90. The lowest BCUT2D eigenvalue weighted by Crippen LogP contribution is -2.08. The van der Waals surface area contributed by atoms with Crippen molar-refractivity contribution in [3.05, 3.63) is 112 Å². The standard InChI is InChI=1S/C32H26N4O4/c1-36-29-15-24(32(37)38)9-10-28(29)34-30(36)16-21-7-8-23-14-26(21)18-39-12-11-22-13-20(17-33)5-6-25(22)19-40-31-4-2-3-27(23)35-31/h2-10,13-15H,11-12,16,18-19H2,1H3,(H,37,38). The lowest BCUT2D eigenvalue weighted by atomic mass is 9.99. The van der Waals surface area contributed by atoms with Gasteiger partial charge in [0.1, 0.15) is 12.4 Å². The van der Waals surface area contributed by atoms with Crippen molar-refractivity contribution < 1.29 is 19.4 Å². The van der Waals surface area contributed by atoms with Crippen LogP contribution in [0.25, 0.3) is 22.3 Å². The van der Waals surface area contributed by atoms with Crippen molar-refractivity contribution in [2.75, 3.05) is 6.61 Å². The summed E-state index contributed by atoms with van der Waals surface area (Å²) >= 11 is 0. The summed E-state index contributed by atoms with van der Waals surface area (Å²) in [4.78, 5) is 21.0. The molecule has 3 heterocycles. The minimum atomic E-state index is -0.964. The molecule has 0 aliphatic carbocycles. The van der Waals surface area contributed by atoms with Gasteiger partial charge in [0.15, 0.2) is 0 Å². The number of carbonyl (C=O) groups is 1. The van der Waals surface area contributed by atoms with Crippen molar-refractivity contribution in [2.24, 2.45) is 7.05 Å². The number of carboxylic acids is 1. The van der Waals surface area contributed by atoms with Crippen LogP contribution in [0.2, 0.25) is 0 Å². The summed E-state index contributed by atoms with van der Waals surface area (Å²) in [5.41, 5.74) is 8.22. The molecule has 1 aliphatic heterocycles. The minimum absolute atomic E-state index is 0.232. The van der Waals surface area contributed by atoms with Crippen molar-refractivity contribution in [3.63, 3.8) is 0 Å². The maximum absolute atomic E-state index is 11.5. The zero-order chi connectivity index (χ0) is 27.6. The highest BCUT2D eigenvalue weighted by molar-refractivity contribution is 5.92. The third-order valence-corrected chi connectivity index (χ3v) is 7.28. The van der Waals surface area contributed by atoms with Crippen LogP contribution in [0.1, 0.15) is 44.0 Å². The van der Waals surface area contributed by atoms with E-state index in [1.54, 1.807) is 24.3 Å². The van der Waals surface area contributed by atoms with Crippen molar-refractivity contribution in [2.45, 2.75) is 26.1 Å². The number of carboxylic acid groups (broad SMARTS) is 1. The molecule has 198 valence electrons. The van der Waals surface area contributed by atoms with Crippen LogP contribution in [-0.2, 0) is 37.8 Å². The first-order chi connectivity index (χ1) is 19.5. The molecule has 0 amide bonds. The zero-order valence-electron chi connectivity index (χ0n) is 21.9. The smallest absolute Gasteiger partial charge is 0.335 e. The minimum Gasteiger partial charge on any atom is -0.478 e. The Morgan fingerprint density at radius 2 is 1.90 bits per heavy atom. The second-order valence-corrected chi connectivity index (χ2v) is 9.80. The van der Waals surface area contributed by atoms with Crippen molar-refractivity contribution in [1.29, 1.82) is 5.26 Å². The third-order valence-electron chi connectivity index (χ3n) is 7.28. The van der Waals surface area contributed by atoms with Crippen molar-refractivity contribution in [1.82, 2.24) is 14.5 Å². The summed E-state index contributed by atoms with van der Waals surface area (Å²) in [5.74, 6) is 0.397. The van der Waals surface area contributed by atoms with Crippen LogP contribution >= 0.6 is 0 Å². The molecule has 4 bridgehead atoms. The molecule has 0 spiro atoms. The summed E-state index contributed by atoms with van der Waals surface area (Å²) in [6.45, 7) is 1.24. The Labute approximate surface area is 231 Å². The predicted octanol–water partition coefficient (Wildman–Crippen LogP) is 5.45. The second-order valence-electron chi connectivity index (χ2n) is 9.80. The van der Waals surface area contributed by atoms with E-state index in [9.17, 15) is 15.2 Å². The van der Waals surface area contributed by atoms with Crippen LogP contribution in [-0.4, -0.2) is 32.2 Å². The van der Waals surface area contributed by atoms with Gasteiger partial charge in [-0.15, -0.1) is 0 Å². The number of benzene rings is 3. The molecule has 6 rings (SSSR count). The summed E-state index contributed by atoms with van der Waals surface area (Å²) in [5, 5.41) is 18.8. The molecule has 2 aromatic heterocycles. The molecule has 0 unspecified atom stereocenters. The number of aryl methyl sites for hydroxylation is 1. The molecule has 8 nitrogen and oxygen atoms in total. The SMILES string of the molecule is Cn1c(Cc2ccc3cc2COCCc2cc(C#N)ccc2COc2cccc-3n2)nc2ccc(C(=O)O)cc21. The molecule has 0 fully saturated rings. The Bertz CT molecular complexity index is 1800. The van der Waals surface area contributed by atoms with Gasteiger partial charge in [0, 0.05) is 25.1 Å². The van der Waals surface area contributed by atoms with Gasteiger partial charge >= 0.3 is 5.97 Å². The van der Waals surface area contributed by atoms with Crippen LogP contribution in [0.15, 0.2) is 72.8 Å². The number of hydrogen-bond acceptors (Lipinski definition) is 6. The fourth-order valence-corrected chi connectivity index (χ4v) is 5.03. The quantitative estimate of drug-likeness (QED) is 0.330. The van der Waals surface area contributed by atoms with Crippen molar-refractivity contribution in [3.8, 4) is 23.2 Å². The molecule has 3 aromatic carbocycles. The molecular formula is C32H26N4O4. The van der Waals surface area contributed by atoms with Gasteiger partial charge in [0.25, 0.3) is 0 Å². The number of hydrogen-bond donors (Lipinski definition) is 1. The fourth-order valence-electron chi connectivity index (χ4n) is 5.03. The van der Waals surface area contributed by atoms with Gasteiger partial charge < -0.3 is 19.1 Å². The van der Waals surface area contributed by atoms with E-state index in [0.29, 0.717) is 44.1 Å². The molecule has 0 radical (unpaired) electrons. The maximum atomic E-state index is 11.5. The molecule has 5 aromatic rings. The molecule has 1 aliphatic rings. The Hall–Kier alpha value is -5.00. The summed E-state index contributed by atoms with van der Waals surface area (Å²) in [6.07, 6.45) is 1.20. The largest absolute Gasteiger partial charge is 0.478 e. The van der Waals surface area contributed by atoms with Crippen LogP contribution < -0.4 is 4.74 Å². The molecule has 1 N–H and O–H groups in total. The highest BCUT2D eigenvalue weighted by Gasteiger charge is 2.15. The average Bonchev–Trinajstić information content (AvgIpc) is 3.28. The van der Waals surface area contributed by atoms with E-state index in [-0.39, 0.29) is 5.56 Å². The van der Waals surface area contributed by atoms with Gasteiger partial charge in [-0.3, -0.25) is 0 Å². The normalized spacial score (nSPS) is 13.1. The van der Waals surface area contributed by atoms with Crippen LogP contribution in [0.3, 0.4) is 0 Å². The number of pyridine rings is 1. The number of nitrogens with zero attached hydrogens (tertiary/aromatic N) is 4. The van der Waals surface area contributed by atoms with E-state index in [1.807, 2.05) is 48.0 Å². The van der Waals surface area contributed by atoms with E-state index < -0.39 is 5.97 Å². The van der Waals surface area contributed by atoms with Gasteiger partial charge in [0.2, 0.25) is 5.88 Å². The van der Waals surface area contributed by atoms with E-state index in [0.717, 1.165) is 50.4 Å². The monoisotopic (exact) mass is 530 g/mol. The Kier molecular flexibility index (Phi) is 6.72. The van der Waals surface area contributed by atoms with Gasteiger partial charge in [-0.05, 0) is 71.1 Å². The van der Waals surface area contributed by atoms with E-state index >= 15 is 0 Å². The van der Waals surface area contributed by atoms with Gasteiger partial charge in [-0.1, -0.05) is 24.3 Å². The first-order valence-electron chi connectivity index (χ1n) is 13.0. The van der Waals surface area contributed by atoms with E-state index in [4.69, 9.17) is 19.4 Å². The highest BCUT2D eigenvalue weighted by atomic mass is 16.5. The van der Waals surface area contributed by atoms with E-state index in [2.05, 4.69) is 18.2 Å². The number of rotatable bonds is 3. The lowest BCUT2D eigenvalue weighted by Gasteiger charge is -2.16. The van der Waals surface area contributed by atoms with E-state index in [1.165, 1.54) is 0 Å². The average molecular weight is 531 g/mol. The van der Waals surface area contributed by atoms with Gasteiger partial charge in [0.05, 0.1) is 47.1 Å². The van der Waals surface area contributed by atoms with Gasteiger partial charge in [-0.2, -0.15) is 5.26 Å². The number of ether oxygens (including phenoxy) is 2. The molecule has 0 saturated carbocycles. The van der Waals surface area contributed by atoms with Crippen molar-refractivity contribution >= 4 is 17.0 Å². The number of aromatic nitrogens is 3.